The van der Waals surface area contributed by atoms with Gasteiger partial charge < -0.3 is 19.9 Å². The minimum absolute atomic E-state index is 0.567. The molecule has 1 aliphatic heterocycles. The lowest BCUT2D eigenvalue weighted by molar-refractivity contribution is 0.313. The van der Waals surface area contributed by atoms with Gasteiger partial charge in [-0.25, -0.2) is 4.68 Å². The number of aromatic nitrogens is 3. The van der Waals surface area contributed by atoms with Gasteiger partial charge in [-0.2, -0.15) is 4.98 Å². The number of anilines is 3. The van der Waals surface area contributed by atoms with Crippen LogP contribution in [0.15, 0.2) is 48.8 Å². The van der Waals surface area contributed by atoms with Crippen LogP contribution in [0.1, 0.15) is 5.56 Å². The van der Waals surface area contributed by atoms with E-state index in [0.717, 1.165) is 43.3 Å². The van der Waals surface area contributed by atoms with Crippen LogP contribution < -0.4 is 15.0 Å². The van der Waals surface area contributed by atoms with Gasteiger partial charge in [0.15, 0.2) is 0 Å². The van der Waals surface area contributed by atoms with Crippen LogP contribution in [0.25, 0.3) is 5.69 Å². The lowest BCUT2D eigenvalue weighted by Crippen LogP contribution is -2.44. The van der Waals surface area contributed by atoms with Crippen molar-refractivity contribution >= 4 is 17.3 Å². The van der Waals surface area contributed by atoms with Gasteiger partial charge in [0, 0.05) is 43.6 Å². The highest BCUT2D eigenvalue weighted by molar-refractivity contribution is 5.64. The fourth-order valence-corrected chi connectivity index (χ4v) is 3.41. The van der Waals surface area contributed by atoms with E-state index in [-0.39, 0.29) is 0 Å². The molecule has 7 nitrogen and oxygen atoms in total. The molecule has 2 heterocycles. The Morgan fingerprint density at radius 1 is 1.00 bits per heavy atom. The Balaban J connectivity index is 1.52. The highest BCUT2D eigenvalue weighted by atomic mass is 16.5. The Morgan fingerprint density at radius 3 is 2.61 bits per heavy atom. The Morgan fingerprint density at radius 2 is 1.82 bits per heavy atom. The predicted molar refractivity (Wildman–Crippen MR) is 112 cm³/mol. The summed E-state index contributed by atoms with van der Waals surface area (Å²) in [5.74, 6) is 1.36. The smallest absolute Gasteiger partial charge is 0.246 e. The molecule has 0 bridgehead atoms. The van der Waals surface area contributed by atoms with Gasteiger partial charge in [0.25, 0.3) is 0 Å². The summed E-state index contributed by atoms with van der Waals surface area (Å²) in [7, 11) is 3.83. The molecule has 1 fully saturated rings. The van der Waals surface area contributed by atoms with E-state index in [2.05, 4.69) is 57.4 Å². The third-order valence-corrected chi connectivity index (χ3v) is 5.00. The topological polar surface area (TPSA) is 58.5 Å². The molecule has 2 aromatic carbocycles. The lowest BCUT2D eigenvalue weighted by atomic mass is 10.1. The van der Waals surface area contributed by atoms with Crippen LogP contribution in [0.3, 0.4) is 0 Å². The van der Waals surface area contributed by atoms with Crippen LogP contribution in [0.5, 0.6) is 5.75 Å². The van der Waals surface area contributed by atoms with Crippen LogP contribution >= 0.6 is 0 Å². The molecule has 4 rings (SSSR count). The van der Waals surface area contributed by atoms with Crippen LogP contribution in [0.4, 0.5) is 17.3 Å². The molecule has 0 saturated carbocycles. The number of nitrogens with one attached hydrogen (secondary N) is 1. The Labute approximate surface area is 165 Å². The van der Waals surface area contributed by atoms with Gasteiger partial charge in [-0.1, -0.05) is 6.07 Å². The van der Waals surface area contributed by atoms with Gasteiger partial charge in [-0.15, -0.1) is 5.10 Å². The van der Waals surface area contributed by atoms with E-state index in [1.54, 1.807) is 18.1 Å². The number of rotatable bonds is 5. The number of nitrogens with zero attached hydrogens (tertiary/aromatic N) is 5. The van der Waals surface area contributed by atoms with Crippen LogP contribution in [0.2, 0.25) is 0 Å². The standard InChI is InChI=1S/C21H26N6O/c1-16-11-17(13-19(12-16)26-9-7-25(2)8-10-26)23-21-22-15-27(24-21)18-5-4-6-20(14-18)28-3/h4-6,11-15H,7-10H2,1-3H3,(H,23,24). The number of benzene rings is 2. The summed E-state index contributed by atoms with van der Waals surface area (Å²) in [6, 6.07) is 14.3. The van der Waals surface area contributed by atoms with Crippen molar-refractivity contribution in [2.24, 2.45) is 0 Å². The SMILES string of the molecule is COc1cccc(-n2cnc(Nc3cc(C)cc(N4CCN(C)CC4)c3)n2)c1. The molecule has 0 aliphatic carbocycles. The first-order chi connectivity index (χ1) is 13.6. The van der Waals surface area contributed by atoms with Gasteiger partial charge in [0.1, 0.15) is 12.1 Å². The normalized spacial score (nSPS) is 14.9. The molecule has 1 saturated heterocycles. The molecule has 0 unspecified atom stereocenters. The molecule has 146 valence electrons. The fraction of sp³-hybridized carbons (Fsp3) is 0.333. The molecule has 28 heavy (non-hydrogen) atoms. The molecule has 1 N–H and O–H groups in total. The first-order valence-electron chi connectivity index (χ1n) is 9.49. The summed E-state index contributed by atoms with van der Waals surface area (Å²) >= 11 is 0. The highest BCUT2D eigenvalue weighted by Crippen LogP contribution is 2.25. The second-order valence-electron chi connectivity index (χ2n) is 7.19. The van der Waals surface area contributed by atoms with Gasteiger partial charge in [-0.05, 0) is 49.9 Å². The molecule has 0 radical (unpaired) electrons. The minimum Gasteiger partial charge on any atom is -0.497 e. The summed E-state index contributed by atoms with van der Waals surface area (Å²) in [6.07, 6.45) is 1.70. The number of methoxy groups -OCH3 is 1. The average molecular weight is 378 g/mol. The Hall–Kier alpha value is -3.06. The molecule has 3 aromatic rings. The molecule has 0 atom stereocenters. The van der Waals surface area contributed by atoms with Crippen molar-refractivity contribution in [2.45, 2.75) is 6.92 Å². The molecular weight excluding hydrogens is 352 g/mol. The van der Waals surface area contributed by atoms with Gasteiger partial charge >= 0.3 is 0 Å². The number of likely N-dealkylation sites (N-methyl/N-ethyl adjacent to an activating group) is 1. The van der Waals surface area contributed by atoms with Crippen molar-refractivity contribution in [3.05, 3.63) is 54.4 Å². The molecule has 0 spiro atoms. The second kappa shape index (κ2) is 7.90. The fourth-order valence-electron chi connectivity index (χ4n) is 3.41. The number of aryl methyl sites for hydroxylation is 1. The van der Waals surface area contributed by atoms with Crippen molar-refractivity contribution in [1.82, 2.24) is 19.7 Å². The number of hydrogen-bond acceptors (Lipinski definition) is 6. The summed E-state index contributed by atoms with van der Waals surface area (Å²) < 4.78 is 7.02. The highest BCUT2D eigenvalue weighted by Gasteiger charge is 2.15. The number of ether oxygens (including phenoxy) is 1. The molecule has 1 aliphatic rings. The zero-order valence-electron chi connectivity index (χ0n) is 16.6. The van der Waals surface area contributed by atoms with Gasteiger partial charge in [0.05, 0.1) is 12.8 Å². The van der Waals surface area contributed by atoms with E-state index in [1.165, 1.54) is 11.3 Å². The molecule has 0 amide bonds. The van der Waals surface area contributed by atoms with Gasteiger partial charge in [0.2, 0.25) is 5.95 Å². The average Bonchev–Trinajstić information content (AvgIpc) is 3.16. The third kappa shape index (κ3) is 4.09. The monoisotopic (exact) mass is 378 g/mol. The van der Waals surface area contributed by atoms with Gasteiger partial charge in [-0.3, -0.25) is 0 Å². The minimum atomic E-state index is 0.567. The summed E-state index contributed by atoms with van der Waals surface area (Å²) in [6.45, 7) is 6.38. The number of piperazine rings is 1. The second-order valence-corrected chi connectivity index (χ2v) is 7.19. The molecule has 1 aromatic heterocycles. The van der Waals surface area contributed by atoms with Crippen molar-refractivity contribution in [3.63, 3.8) is 0 Å². The van der Waals surface area contributed by atoms with Crippen LogP contribution in [-0.2, 0) is 0 Å². The predicted octanol–water partition coefficient (Wildman–Crippen LogP) is 3.08. The quantitative estimate of drug-likeness (QED) is 0.736. The van der Waals surface area contributed by atoms with E-state index in [0.29, 0.717) is 5.95 Å². The van der Waals surface area contributed by atoms with Crippen molar-refractivity contribution in [3.8, 4) is 11.4 Å². The zero-order chi connectivity index (χ0) is 19.5. The first-order valence-corrected chi connectivity index (χ1v) is 9.49. The summed E-state index contributed by atoms with van der Waals surface area (Å²) in [5.41, 5.74) is 4.36. The van der Waals surface area contributed by atoms with E-state index < -0.39 is 0 Å². The maximum atomic E-state index is 5.28. The van der Waals surface area contributed by atoms with E-state index in [4.69, 9.17) is 4.74 Å². The first kappa shape index (κ1) is 18.3. The zero-order valence-corrected chi connectivity index (χ0v) is 16.6. The van der Waals surface area contributed by atoms with Crippen molar-refractivity contribution < 1.29 is 4.74 Å². The van der Waals surface area contributed by atoms with Crippen molar-refractivity contribution in [2.75, 3.05) is 50.6 Å². The Bertz CT molecular complexity index is 946. The molecular formula is C21H26N6O. The van der Waals surface area contributed by atoms with Crippen molar-refractivity contribution in [1.29, 1.82) is 0 Å². The lowest BCUT2D eigenvalue weighted by Gasteiger charge is -2.34. The maximum Gasteiger partial charge on any atom is 0.246 e. The van der Waals surface area contributed by atoms with Crippen LogP contribution in [-0.4, -0.2) is 60.0 Å². The van der Waals surface area contributed by atoms with E-state index >= 15 is 0 Å². The maximum absolute atomic E-state index is 5.28. The summed E-state index contributed by atoms with van der Waals surface area (Å²) in [4.78, 5) is 9.20. The van der Waals surface area contributed by atoms with E-state index in [9.17, 15) is 0 Å². The van der Waals surface area contributed by atoms with Crippen LogP contribution in [0, 0.1) is 6.92 Å². The van der Waals surface area contributed by atoms with E-state index in [1.807, 2.05) is 24.3 Å². The third-order valence-electron chi connectivity index (χ3n) is 5.00. The Kier molecular flexibility index (Phi) is 5.16. The summed E-state index contributed by atoms with van der Waals surface area (Å²) in [5, 5.41) is 7.89. The largest absolute Gasteiger partial charge is 0.497 e. The molecule has 7 heteroatoms. The number of hydrogen-bond donors (Lipinski definition) is 1.